The van der Waals surface area contributed by atoms with Crippen molar-refractivity contribution >= 4 is 11.9 Å². The highest BCUT2D eigenvalue weighted by molar-refractivity contribution is 5.89. The minimum absolute atomic E-state index is 0.0972. The van der Waals surface area contributed by atoms with Gasteiger partial charge in [0, 0.05) is 0 Å². The van der Waals surface area contributed by atoms with Crippen molar-refractivity contribution in [3.63, 3.8) is 0 Å². The molecule has 0 saturated carbocycles. The molecule has 4 aromatic rings. The summed E-state index contributed by atoms with van der Waals surface area (Å²) in [6, 6.07) is 32.3. The minimum atomic E-state index is -1.09. The molecule has 5 atom stereocenters. The molecule has 0 unspecified atom stereocenters. The Kier molecular flexibility index (Phi) is 10.9. The van der Waals surface area contributed by atoms with Gasteiger partial charge in [-0.05, 0) is 53.9 Å². The van der Waals surface area contributed by atoms with E-state index in [0.29, 0.717) is 16.9 Å². The van der Waals surface area contributed by atoms with E-state index in [4.69, 9.17) is 28.4 Å². The van der Waals surface area contributed by atoms with Crippen molar-refractivity contribution in [3.05, 3.63) is 137 Å². The molecule has 1 saturated heterocycles. The summed E-state index contributed by atoms with van der Waals surface area (Å²) in [7, 11) is 1.60. The number of benzene rings is 4. The van der Waals surface area contributed by atoms with E-state index in [0.717, 1.165) is 11.1 Å². The molecule has 9 heteroatoms. The largest absolute Gasteiger partial charge is 0.497 e. The third-order valence-electron chi connectivity index (χ3n) is 7.52. The number of aromatic carboxylic acids is 1. The third kappa shape index (κ3) is 8.34. The van der Waals surface area contributed by atoms with Gasteiger partial charge in [0.15, 0.2) is 12.4 Å². The van der Waals surface area contributed by atoms with E-state index in [1.165, 1.54) is 6.07 Å². The molecule has 45 heavy (non-hydrogen) atoms. The summed E-state index contributed by atoms with van der Waals surface area (Å²) in [5, 5.41) is 9.68. The summed E-state index contributed by atoms with van der Waals surface area (Å²) in [5.74, 6) is -0.945. The van der Waals surface area contributed by atoms with Crippen LogP contribution in [0.5, 0.6) is 5.75 Å². The van der Waals surface area contributed by atoms with Crippen molar-refractivity contribution in [1.82, 2.24) is 0 Å². The Morgan fingerprint density at radius 2 is 1.29 bits per heavy atom. The molecule has 0 radical (unpaired) electrons. The fourth-order valence-electron chi connectivity index (χ4n) is 5.13. The minimum Gasteiger partial charge on any atom is -0.497 e. The Morgan fingerprint density at radius 3 is 1.96 bits per heavy atom. The molecule has 1 fully saturated rings. The van der Waals surface area contributed by atoms with Gasteiger partial charge in [-0.2, -0.15) is 0 Å². The van der Waals surface area contributed by atoms with Crippen molar-refractivity contribution in [2.45, 2.75) is 57.5 Å². The van der Waals surface area contributed by atoms with Gasteiger partial charge in [-0.3, -0.25) is 0 Å². The lowest BCUT2D eigenvalue weighted by molar-refractivity contribution is -0.311. The number of hydrogen-bond acceptors (Lipinski definition) is 8. The summed E-state index contributed by atoms with van der Waals surface area (Å²) >= 11 is 0. The summed E-state index contributed by atoms with van der Waals surface area (Å²) in [6.07, 6.45) is -4.16. The first-order chi connectivity index (χ1) is 21.9. The summed E-state index contributed by atoms with van der Waals surface area (Å²) in [4.78, 5) is 25.2. The highest BCUT2D eigenvalue weighted by Crippen LogP contribution is 2.32. The molecule has 234 valence electrons. The van der Waals surface area contributed by atoms with E-state index >= 15 is 0 Å². The van der Waals surface area contributed by atoms with Crippen molar-refractivity contribution < 1.29 is 43.1 Å². The van der Waals surface area contributed by atoms with Crippen LogP contribution in [0.15, 0.2) is 109 Å². The predicted molar refractivity (Wildman–Crippen MR) is 165 cm³/mol. The van der Waals surface area contributed by atoms with Crippen LogP contribution in [0.4, 0.5) is 0 Å². The summed E-state index contributed by atoms with van der Waals surface area (Å²) in [6.45, 7) is 2.20. The number of hydrogen-bond donors (Lipinski definition) is 1. The highest BCUT2D eigenvalue weighted by Gasteiger charge is 2.49. The molecular formula is C36H36O9. The monoisotopic (exact) mass is 612 g/mol. The fraction of sp³-hybridized carbons (Fsp3) is 0.278. The molecule has 5 rings (SSSR count). The molecule has 1 aliphatic heterocycles. The zero-order chi connectivity index (χ0) is 31.6. The molecule has 0 aliphatic carbocycles. The molecule has 0 bridgehead atoms. The Morgan fingerprint density at radius 1 is 0.689 bits per heavy atom. The van der Waals surface area contributed by atoms with Crippen LogP contribution in [0.25, 0.3) is 0 Å². The number of methoxy groups -OCH3 is 1. The second-order valence-corrected chi connectivity index (χ2v) is 10.6. The Labute approximate surface area is 262 Å². The summed E-state index contributed by atoms with van der Waals surface area (Å²) < 4.78 is 36.8. The van der Waals surface area contributed by atoms with Gasteiger partial charge in [-0.1, -0.05) is 78.9 Å². The van der Waals surface area contributed by atoms with Gasteiger partial charge in [-0.15, -0.1) is 0 Å². The number of carbonyl (C=O) groups is 2. The van der Waals surface area contributed by atoms with Crippen LogP contribution in [0.3, 0.4) is 0 Å². The number of esters is 1. The van der Waals surface area contributed by atoms with Crippen LogP contribution >= 0.6 is 0 Å². The maximum Gasteiger partial charge on any atom is 0.338 e. The van der Waals surface area contributed by atoms with Gasteiger partial charge in [0.05, 0.1) is 44.2 Å². The first-order valence-corrected chi connectivity index (χ1v) is 14.7. The maximum absolute atomic E-state index is 13.4. The third-order valence-corrected chi connectivity index (χ3v) is 7.52. The van der Waals surface area contributed by atoms with Gasteiger partial charge in [-0.25, -0.2) is 9.59 Å². The first-order valence-electron chi connectivity index (χ1n) is 14.7. The molecule has 0 aromatic heterocycles. The quantitative estimate of drug-likeness (QED) is 0.180. The van der Waals surface area contributed by atoms with E-state index in [1.807, 2.05) is 67.6 Å². The first kappa shape index (κ1) is 31.9. The Balaban J connectivity index is 1.45. The van der Waals surface area contributed by atoms with Gasteiger partial charge >= 0.3 is 11.9 Å². The van der Waals surface area contributed by atoms with Gasteiger partial charge in [0.25, 0.3) is 0 Å². The topological polar surface area (TPSA) is 110 Å². The SMILES string of the molecule is COc1ccc(CO[C@@H]2[C@H](OC(=O)c3ccccc3)[C@@H](OCc3ccccc3C(=O)O)O[C@H](C)[C@H]2OCc2ccccc2)cc1. The lowest BCUT2D eigenvalue weighted by Crippen LogP contribution is -2.60. The molecular weight excluding hydrogens is 576 g/mol. The van der Waals surface area contributed by atoms with Crippen LogP contribution in [0.2, 0.25) is 0 Å². The zero-order valence-corrected chi connectivity index (χ0v) is 25.1. The fourth-order valence-corrected chi connectivity index (χ4v) is 5.13. The molecule has 1 heterocycles. The van der Waals surface area contributed by atoms with Gasteiger partial charge < -0.3 is 33.5 Å². The van der Waals surface area contributed by atoms with Crippen LogP contribution in [0.1, 0.15) is 44.3 Å². The molecule has 9 nitrogen and oxygen atoms in total. The molecule has 0 spiro atoms. The molecule has 1 N–H and O–H groups in total. The normalized spacial score (nSPS) is 21.2. The average molecular weight is 613 g/mol. The standard InChI is InChI=1S/C36H36O9/c1-24-31(41-21-25-11-5-3-6-12-25)32(42-22-26-17-19-29(40-2)20-18-26)33(45-35(39)27-13-7-4-8-14-27)36(44-24)43-23-28-15-9-10-16-30(28)34(37)38/h3-20,24,31-33,36H,21-23H2,1-2H3,(H,37,38)/t24-,31-,32+,33+,36+/m1/s1. The van der Waals surface area contributed by atoms with E-state index in [2.05, 4.69) is 0 Å². The maximum atomic E-state index is 13.4. The molecule has 1 aliphatic rings. The number of carboxylic acids is 1. The number of rotatable bonds is 13. The second-order valence-electron chi connectivity index (χ2n) is 10.6. The van der Waals surface area contributed by atoms with E-state index < -0.39 is 42.6 Å². The van der Waals surface area contributed by atoms with E-state index in [9.17, 15) is 14.7 Å². The Bertz CT molecular complexity index is 1530. The van der Waals surface area contributed by atoms with Crippen molar-refractivity contribution in [3.8, 4) is 5.75 Å². The average Bonchev–Trinajstić information content (AvgIpc) is 3.08. The van der Waals surface area contributed by atoms with Crippen molar-refractivity contribution in [2.75, 3.05) is 7.11 Å². The zero-order valence-electron chi connectivity index (χ0n) is 25.1. The predicted octanol–water partition coefficient (Wildman–Crippen LogP) is 6.05. The number of carboxylic acid groups (broad SMARTS) is 1. The van der Waals surface area contributed by atoms with E-state index in [-0.39, 0.29) is 25.4 Å². The van der Waals surface area contributed by atoms with Crippen molar-refractivity contribution in [1.29, 1.82) is 0 Å². The second kappa shape index (κ2) is 15.5. The van der Waals surface area contributed by atoms with Crippen LogP contribution in [-0.4, -0.2) is 54.9 Å². The number of ether oxygens (including phenoxy) is 6. The highest BCUT2D eigenvalue weighted by atomic mass is 16.7. The number of carbonyl (C=O) groups excluding carboxylic acids is 1. The van der Waals surface area contributed by atoms with Gasteiger partial charge in [0.1, 0.15) is 18.0 Å². The lowest BCUT2D eigenvalue weighted by atomic mass is 9.98. The molecule has 0 amide bonds. The lowest BCUT2D eigenvalue weighted by Gasteiger charge is -2.44. The Hall–Kier alpha value is -4.54. The van der Waals surface area contributed by atoms with E-state index in [1.54, 1.807) is 49.6 Å². The molecule has 4 aromatic carbocycles. The van der Waals surface area contributed by atoms with Gasteiger partial charge in [0.2, 0.25) is 0 Å². The van der Waals surface area contributed by atoms with Crippen LogP contribution < -0.4 is 4.74 Å². The summed E-state index contributed by atoms with van der Waals surface area (Å²) in [5.41, 5.74) is 2.74. The van der Waals surface area contributed by atoms with Crippen LogP contribution in [0, 0.1) is 0 Å². The van der Waals surface area contributed by atoms with Crippen molar-refractivity contribution in [2.24, 2.45) is 0 Å². The van der Waals surface area contributed by atoms with Crippen LogP contribution in [-0.2, 0) is 43.5 Å². The smallest absolute Gasteiger partial charge is 0.338 e.